The van der Waals surface area contributed by atoms with E-state index in [0.717, 1.165) is 25.0 Å². The van der Waals surface area contributed by atoms with E-state index in [2.05, 4.69) is 0 Å². The van der Waals surface area contributed by atoms with Gasteiger partial charge in [0.1, 0.15) is 0 Å². The van der Waals surface area contributed by atoms with E-state index in [1.54, 1.807) is 4.90 Å². The van der Waals surface area contributed by atoms with E-state index in [0.29, 0.717) is 18.7 Å². The topological polar surface area (TPSA) is 46.3 Å². The standard InChI is InChI=1S/C14H17F3N2O.ClH/c15-14(16,17)11-5-3-10(4-6-11)8-13(20)19-7-1-2-12(19)9-18;/h3-6,12H,1-2,7-9,18H2;1H. The molecule has 1 heterocycles. The number of carbonyl (C=O) groups excluding carboxylic acids is 1. The fraction of sp³-hybridized carbons (Fsp3) is 0.500. The number of hydrogen-bond acceptors (Lipinski definition) is 2. The molecule has 1 aromatic carbocycles. The van der Waals surface area contributed by atoms with Gasteiger partial charge in [-0.15, -0.1) is 12.4 Å². The Kier molecular flexibility index (Phi) is 6.04. The summed E-state index contributed by atoms with van der Waals surface area (Å²) in [5.41, 5.74) is 5.49. The summed E-state index contributed by atoms with van der Waals surface area (Å²) >= 11 is 0. The predicted octanol–water partition coefficient (Wildman–Crippen LogP) is 2.62. The summed E-state index contributed by atoms with van der Waals surface area (Å²) < 4.78 is 37.3. The number of hydrogen-bond donors (Lipinski definition) is 1. The molecule has 1 fully saturated rings. The molecular formula is C14H18ClF3N2O. The van der Waals surface area contributed by atoms with Crippen LogP contribution in [0.3, 0.4) is 0 Å². The molecule has 0 saturated carbocycles. The summed E-state index contributed by atoms with van der Waals surface area (Å²) in [7, 11) is 0. The lowest BCUT2D eigenvalue weighted by Crippen LogP contribution is -2.40. The van der Waals surface area contributed by atoms with E-state index in [9.17, 15) is 18.0 Å². The van der Waals surface area contributed by atoms with Crippen molar-refractivity contribution in [1.82, 2.24) is 4.90 Å². The molecule has 1 atom stereocenters. The van der Waals surface area contributed by atoms with E-state index in [-0.39, 0.29) is 30.8 Å². The number of halogens is 4. The van der Waals surface area contributed by atoms with Crippen molar-refractivity contribution in [1.29, 1.82) is 0 Å². The largest absolute Gasteiger partial charge is 0.416 e. The lowest BCUT2D eigenvalue weighted by Gasteiger charge is -2.23. The molecule has 1 amide bonds. The molecule has 118 valence electrons. The van der Waals surface area contributed by atoms with Crippen LogP contribution in [0, 0.1) is 0 Å². The molecule has 7 heteroatoms. The molecule has 1 unspecified atom stereocenters. The Morgan fingerprint density at radius 1 is 1.29 bits per heavy atom. The number of nitrogens with two attached hydrogens (primary N) is 1. The van der Waals surface area contributed by atoms with E-state index in [1.165, 1.54) is 12.1 Å². The molecule has 0 aromatic heterocycles. The Bertz CT molecular complexity index is 476. The Hall–Kier alpha value is -1.27. The van der Waals surface area contributed by atoms with E-state index >= 15 is 0 Å². The van der Waals surface area contributed by atoms with Crippen LogP contribution in [0.2, 0.25) is 0 Å². The summed E-state index contributed by atoms with van der Waals surface area (Å²) in [6.07, 6.45) is -2.40. The third-order valence-electron chi connectivity index (χ3n) is 3.61. The Balaban J connectivity index is 0.00000220. The number of alkyl halides is 3. The maximum Gasteiger partial charge on any atom is 0.416 e. The number of carbonyl (C=O) groups is 1. The summed E-state index contributed by atoms with van der Waals surface area (Å²) in [5, 5.41) is 0. The fourth-order valence-corrected chi connectivity index (χ4v) is 2.50. The lowest BCUT2D eigenvalue weighted by molar-refractivity contribution is -0.137. The van der Waals surface area contributed by atoms with Crippen molar-refractivity contribution in [2.45, 2.75) is 31.5 Å². The number of benzene rings is 1. The number of rotatable bonds is 3. The van der Waals surface area contributed by atoms with Crippen LogP contribution in [0.15, 0.2) is 24.3 Å². The molecule has 1 aliphatic heterocycles. The van der Waals surface area contributed by atoms with Gasteiger partial charge in [-0.3, -0.25) is 4.79 Å². The van der Waals surface area contributed by atoms with Gasteiger partial charge in [-0.25, -0.2) is 0 Å². The smallest absolute Gasteiger partial charge is 0.338 e. The first-order valence-corrected chi connectivity index (χ1v) is 6.57. The van der Waals surface area contributed by atoms with Gasteiger partial charge in [-0.05, 0) is 30.5 Å². The first-order valence-electron chi connectivity index (χ1n) is 6.57. The molecular weight excluding hydrogens is 305 g/mol. The van der Waals surface area contributed by atoms with Crippen molar-refractivity contribution < 1.29 is 18.0 Å². The highest BCUT2D eigenvalue weighted by Crippen LogP contribution is 2.29. The number of likely N-dealkylation sites (tertiary alicyclic amines) is 1. The zero-order chi connectivity index (χ0) is 14.8. The van der Waals surface area contributed by atoms with Crippen molar-refractivity contribution in [3.05, 3.63) is 35.4 Å². The van der Waals surface area contributed by atoms with Crippen LogP contribution in [-0.2, 0) is 17.4 Å². The van der Waals surface area contributed by atoms with Gasteiger partial charge >= 0.3 is 6.18 Å². The maximum absolute atomic E-state index is 12.4. The summed E-state index contributed by atoms with van der Waals surface area (Å²) in [5.74, 6) is -0.0716. The second-order valence-electron chi connectivity index (χ2n) is 4.99. The van der Waals surface area contributed by atoms with Crippen LogP contribution in [0.1, 0.15) is 24.0 Å². The molecule has 1 aliphatic rings. The van der Waals surface area contributed by atoms with Gasteiger partial charge in [0.25, 0.3) is 0 Å². The second kappa shape index (κ2) is 7.13. The van der Waals surface area contributed by atoms with Crippen LogP contribution in [0.25, 0.3) is 0 Å². The summed E-state index contributed by atoms with van der Waals surface area (Å²) in [6, 6.07) is 4.79. The van der Waals surface area contributed by atoms with Crippen molar-refractivity contribution in [2.24, 2.45) is 5.73 Å². The molecule has 0 radical (unpaired) electrons. The lowest BCUT2D eigenvalue weighted by atomic mass is 10.1. The van der Waals surface area contributed by atoms with Crippen LogP contribution in [0.4, 0.5) is 13.2 Å². The molecule has 0 bridgehead atoms. The summed E-state index contributed by atoms with van der Waals surface area (Å²) in [4.78, 5) is 13.8. The molecule has 21 heavy (non-hydrogen) atoms. The molecule has 0 spiro atoms. The normalized spacial score (nSPS) is 18.5. The van der Waals surface area contributed by atoms with Gasteiger partial charge in [0.2, 0.25) is 5.91 Å². The highest BCUT2D eigenvalue weighted by Gasteiger charge is 2.30. The zero-order valence-electron chi connectivity index (χ0n) is 11.4. The first kappa shape index (κ1) is 17.8. The molecule has 0 aliphatic carbocycles. The highest BCUT2D eigenvalue weighted by atomic mass is 35.5. The van der Waals surface area contributed by atoms with Gasteiger partial charge in [0.15, 0.2) is 0 Å². The summed E-state index contributed by atoms with van der Waals surface area (Å²) in [6.45, 7) is 1.11. The average molecular weight is 323 g/mol. The molecule has 1 aromatic rings. The fourth-order valence-electron chi connectivity index (χ4n) is 2.50. The van der Waals surface area contributed by atoms with Crippen molar-refractivity contribution in [3.8, 4) is 0 Å². The average Bonchev–Trinajstić information content (AvgIpc) is 2.86. The minimum absolute atomic E-state index is 0. The third-order valence-corrected chi connectivity index (χ3v) is 3.61. The molecule has 2 N–H and O–H groups in total. The highest BCUT2D eigenvalue weighted by molar-refractivity contribution is 5.85. The second-order valence-corrected chi connectivity index (χ2v) is 4.99. The Morgan fingerprint density at radius 3 is 2.43 bits per heavy atom. The minimum Gasteiger partial charge on any atom is -0.338 e. The Labute approximate surface area is 127 Å². The maximum atomic E-state index is 12.4. The molecule has 1 saturated heterocycles. The van der Waals surface area contributed by atoms with Gasteiger partial charge in [-0.2, -0.15) is 13.2 Å². The minimum atomic E-state index is -4.35. The first-order chi connectivity index (χ1) is 9.41. The zero-order valence-corrected chi connectivity index (χ0v) is 12.2. The van der Waals surface area contributed by atoms with Crippen molar-refractivity contribution >= 4 is 18.3 Å². The Morgan fingerprint density at radius 2 is 1.90 bits per heavy atom. The van der Waals surface area contributed by atoms with Crippen LogP contribution >= 0.6 is 12.4 Å². The number of nitrogens with zero attached hydrogens (tertiary/aromatic N) is 1. The van der Waals surface area contributed by atoms with Gasteiger partial charge in [0, 0.05) is 19.1 Å². The van der Waals surface area contributed by atoms with E-state index < -0.39 is 11.7 Å². The van der Waals surface area contributed by atoms with Crippen molar-refractivity contribution in [2.75, 3.05) is 13.1 Å². The van der Waals surface area contributed by atoms with Gasteiger partial charge in [0.05, 0.1) is 12.0 Å². The molecule has 2 rings (SSSR count). The quantitative estimate of drug-likeness (QED) is 0.930. The van der Waals surface area contributed by atoms with Gasteiger partial charge < -0.3 is 10.6 Å². The SMILES string of the molecule is Cl.NCC1CCCN1C(=O)Cc1ccc(C(F)(F)F)cc1. The van der Waals surface area contributed by atoms with E-state index in [1.807, 2.05) is 0 Å². The van der Waals surface area contributed by atoms with Crippen LogP contribution < -0.4 is 5.73 Å². The van der Waals surface area contributed by atoms with E-state index in [4.69, 9.17) is 5.73 Å². The van der Waals surface area contributed by atoms with Crippen LogP contribution in [0.5, 0.6) is 0 Å². The van der Waals surface area contributed by atoms with Crippen molar-refractivity contribution in [3.63, 3.8) is 0 Å². The number of amides is 1. The molecule has 3 nitrogen and oxygen atoms in total. The van der Waals surface area contributed by atoms with Gasteiger partial charge in [-0.1, -0.05) is 12.1 Å². The monoisotopic (exact) mass is 322 g/mol. The van der Waals surface area contributed by atoms with Crippen LogP contribution in [-0.4, -0.2) is 29.9 Å². The third kappa shape index (κ3) is 4.35. The predicted molar refractivity (Wildman–Crippen MR) is 76.2 cm³/mol.